The van der Waals surface area contributed by atoms with Crippen LogP contribution in [0.1, 0.15) is 6.42 Å². The SMILES string of the molecule is FC(F)(F)C(F)(F)C(F)(F)C(F)(F)CC(I)CCl. The van der Waals surface area contributed by atoms with Gasteiger partial charge in [0.25, 0.3) is 0 Å². The van der Waals surface area contributed by atoms with Crippen LogP contribution in [0.5, 0.6) is 0 Å². The van der Waals surface area contributed by atoms with E-state index in [1.807, 2.05) is 0 Å². The number of rotatable bonds is 5. The molecule has 0 spiro atoms. The van der Waals surface area contributed by atoms with Gasteiger partial charge in [0, 0.05) is 16.2 Å². The Morgan fingerprint density at radius 2 is 1.22 bits per heavy atom. The molecule has 0 nitrogen and oxygen atoms in total. The zero-order valence-corrected chi connectivity index (χ0v) is 11.1. The van der Waals surface area contributed by atoms with Gasteiger partial charge in [-0.2, -0.15) is 39.5 Å². The first-order valence-corrected chi connectivity index (χ1v) is 5.89. The Balaban J connectivity index is 5.36. The van der Waals surface area contributed by atoms with Crippen LogP contribution >= 0.6 is 34.2 Å². The van der Waals surface area contributed by atoms with Crippen LogP contribution in [0, 0.1) is 0 Å². The first-order chi connectivity index (χ1) is 7.70. The Morgan fingerprint density at radius 3 is 1.50 bits per heavy atom. The van der Waals surface area contributed by atoms with E-state index in [4.69, 9.17) is 11.6 Å². The quantitative estimate of drug-likeness (QED) is 0.336. The predicted molar refractivity (Wildman–Crippen MR) is 54.0 cm³/mol. The van der Waals surface area contributed by atoms with E-state index in [2.05, 4.69) is 0 Å². The lowest BCUT2D eigenvalue weighted by Crippen LogP contribution is -2.61. The molecule has 11 heteroatoms. The van der Waals surface area contributed by atoms with E-state index in [1.54, 1.807) is 0 Å². The molecule has 0 aromatic heterocycles. The molecule has 0 bridgehead atoms. The van der Waals surface area contributed by atoms with Gasteiger partial charge in [-0.3, -0.25) is 0 Å². The third kappa shape index (κ3) is 3.28. The Hall–Kier alpha value is 0.390. The third-order valence-corrected chi connectivity index (χ3v) is 3.63. The van der Waals surface area contributed by atoms with Crippen LogP contribution in [0.25, 0.3) is 0 Å². The average molecular weight is 422 g/mol. The molecule has 18 heavy (non-hydrogen) atoms. The standard InChI is InChI=1S/C7H5ClF9I/c8-2-3(18)1-4(9,10)5(11,12)6(13,14)7(15,16)17/h3H,1-2H2. The number of hydrogen-bond donors (Lipinski definition) is 0. The summed E-state index contributed by atoms with van der Waals surface area (Å²) >= 11 is 6.17. The number of hydrogen-bond acceptors (Lipinski definition) is 0. The van der Waals surface area contributed by atoms with Crippen molar-refractivity contribution in [2.45, 2.75) is 34.3 Å². The summed E-state index contributed by atoms with van der Waals surface area (Å²) in [5.74, 6) is -19.5. The minimum atomic E-state index is -6.83. The summed E-state index contributed by atoms with van der Waals surface area (Å²) in [6.45, 7) is 0. The van der Waals surface area contributed by atoms with Gasteiger partial charge in [0.15, 0.2) is 0 Å². The monoisotopic (exact) mass is 422 g/mol. The van der Waals surface area contributed by atoms with Gasteiger partial charge in [0.05, 0.1) is 0 Å². The van der Waals surface area contributed by atoms with Crippen LogP contribution in [0.2, 0.25) is 0 Å². The van der Waals surface area contributed by atoms with E-state index >= 15 is 0 Å². The zero-order valence-electron chi connectivity index (χ0n) is 8.15. The topological polar surface area (TPSA) is 0 Å². The fourth-order valence-electron chi connectivity index (χ4n) is 0.869. The molecule has 0 aromatic rings. The first-order valence-electron chi connectivity index (χ1n) is 4.11. The number of alkyl halides is 11. The van der Waals surface area contributed by atoms with Crippen LogP contribution in [0.4, 0.5) is 39.5 Å². The summed E-state index contributed by atoms with van der Waals surface area (Å²) < 4.78 is 110. The summed E-state index contributed by atoms with van der Waals surface area (Å²) in [4.78, 5) is 0. The molecule has 0 radical (unpaired) electrons. The summed E-state index contributed by atoms with van der Waals surface area (Å²) in [5, 5.41) is 0. The van der Waals surface area contributed by atoms with Gasteiger partial charge in [0.1, 0.15) is 0 Å². The maximum absolute atomic E-state index is 12.9. The Morgan fingerprint density at radius 1 is 0.833 bits per heavy atom. The summed E-state index contributed by atoms with van der Waals surface area (Å²) in [6, 6.07) is 0. The van der Waals surface area contributed by atoms with Crippen LogP contribution in [-0.4, -0.2) is 33.7 Å². The van der Waals surface area contributed by atoms with Crippen molar-refractivity contribution >= 4 is 34.2 Å². The van der Waals surface area contributed by atoms with Crippen molar-refractivity contribution in [1.29, 1.82) is 0 Å². The molecule has 0 amide bonds. The lowest BCUT2D eigenvalue weighted by molar-refractivity contribution is -0.396. The molecular weight excluding hydrogens is 417 g/mol. The fraction of sp³-hybridized carbons (Fsp3) is 1.00. The van der Waals surface area contributed by atoms with Crippen LogP contribution < -0.4 is 0 Å². The Labute approximate surface area is 114 Å². The highest BCUT2D eigenvalue weighted by Gasteiger charge is 2.81. The summed E-state index contributed by atoms with van der Waals surface area (Å²) in [6.07, 6.45) is -8.67. The fourth-order valence-corrected chi connectivity index (χ4v) is 1.53. The van der Waals surface area contributed by atoms with Gasteiger partial charge in [0.2, 0.25) is 0 Å². The van der Waals surface area contributed by atoms with E-state index in [1.165, 1.54) is 0 Å². The molecule has 0 saturated carbocycles. The Kier molecular flexibility index (Phi) is 5.53. The third-order valence-electron chi connectivity index (χ3n) is 1.86. The van der Waals surface area contributed by atoms with Crippen molar-refractivity contribution in [2.24, 2.45) is 0 Å². The van der Waals surface area contributed by atoms with Gasteiger partial charge < -0.3 is 0 Å². The van der Waals surface area contributed by atoms with Crippen molar-refractivity contribution in [2.75, 3.05) is 5.88 Å². The van der Waals surface area contributed by atoms with Crippen molar-refractivity contribution < 1.29 is 39.5 Å². The van der Waals surface area contributed by atoms with Gasteiger partial charge in [-0.15, -0.1) is 11.6 Å². The minimum Gasteiger partial charge on any atom is -0.200 e. The molecule has 0 aromatic carbocycles. The van der Waals surface area contributed by atoms with Gasteiger partial charge in [-0.25, -0.2) is 0 Å². The predicted octanol–water partition coefficient (Wildman–Crippen LogP) is 4.89. The smallest absolute Gasteiger partial charge is 0.200 e. The highest BCUT2D eigenvalue weighted by Crippen LogP contribution is 2.54. The molecule has 1 unspecified atom stereocenters. The molecule has 0 aliphatic rings. The minimum absolute atomic E-state index is 0.593. The zero-order chi connectivity index (χ0) is 15.0. The van der Waals surface area contributed by atoms with E-state index in [-0.39, 0.29) is 0 Å². The second-order valence-corrected chi connectivity index (χ2v) is 5.38. The first kappa shape index (κ1) is 18.4. The lowest BCUT2D eigenvalue weighted by atomic mass is 10.00. The average Bonchev–Trinajstić information content (AvgIpc) is 2.14. The molecular formula is C7H5ClF9I. The van der Waals surface area contributed by atoms with Crippen molar-refractivity contribution in [3.63, 3.8) is 0 Å². The second-order valence-electron chi connectivity index (χ2n) is 3.31. The van der Waals surface area contributed by atoms with Gasteiger partial charge >= 0.3 is 23.9 Å². The molecule has 0 heterocycles. The molecule has 0 aliphatic heterocycles. The van der Waals surface area contributed by atoms with Crippen LogP contribution in [-0.2, 0) is 0 Å². The maximum atomic E-state index is 12.9. The lowest BCUT2D eigenvalue weighted by Gasteiger charge is -2.34. The molecule has 0 aliphatic carbocycles. The molecule has 0 fully saturated rings. The van der Waals surface area contributed by atoms with Crippen molar-refractivity contribution in [1.82, 2.24) is 0 Å². The van der Waals surface area contributed by atoms with E-state index in [0.717, 1.165) is 22.6 Å². The van der Waals surface area contributed by atoms with Crippen molar-refractivity contribution in [3.8, 4) is 0 Å². The van der Waals surface area contributed by atoms with Gasteiger partial charge in [-0.05, 0) is 0 Å². The molecule has 0 rings (SSSR count). The molecule has 1 atom stereocenters. The normalized spacial score (nSPS) is 16.8. The Bertz CT molecular complexity index is 287. The summed E-state index contributed by atoms with van der Waals surface area (Å²) in [7, 11) is 0. The van der Waals surface area contributed by atoms with E-state index in [0.29, 0.717) is 0 Å². The van der Waals surface area contributed by atoms with Crippen molar-refractivity contribution in [3.05, 3.63) is 0 Å². The second kappa shape index (κ2) is 5.41. The van der Waals surface area contributed by atoms with Gasteiger partial charge in [-0.1, -0.05) is 22.6 Å². The molecule has 0 N–H and O–H groups in total. The molecule has 110 valence electrons. The van der Waals surface area contributed by atoms with E-state index in [9.17, 15) is 39.5 Å². The summed E-state index contributed by atoms with van der Waals surface area (Å²) in [5.41, 5.74) is 0. The highest BCUT2D eigenvalue weighted by molar-refractivity contribution is 14.1. The maximum Gasteiger partial charge on any atom is 0.460 e. The van der Waals surface area contributed by atoms with E-state index < -0.39 is 40.2 Å². The molecule has 0 saturated heterocycles. The highest BCUT2D eigenvalue weighted by atomic mass is 127. The van der Waals surface area contributed by atoms with Crippen LogP contribution in [0.3, 0.4) is 0 Å². The van der Waals surface area contributed by atoms with Crippen LogP contribution in [0.15, 0.2) is 0 Å². The largest absolute Gasteiger partial charge is 0.460 e. The number of halogens is 11.